The average molecular weight is 469 g/mol. The molecule has 152 valence electrons. The Kier molecular flexibility index (Phi) is 7.48. The average Bonchev–Trinajstić information content (AvgIpc) is 2.62. The van der Waals surface area contributed by atoms with Gasteiger partial charge in [-0.3, -0.25) is 9.10 Å². The summed E-state index contributed by atoms with van der Waals surface area (Å²) in [6.45, 7) is 5.92. The Balaban J connectivity index is 2.12. The van der Waals surface area contributed by atoms with Gasteiger partial charge < -0.3 is 10.1 Å². The molecule has 0 spiro atoms. The van der Waals surface area contributed by atoms with E-state index < -0.39 is 10.0 Å². The van der Waals surface area contributed by atoms with Crippen molar-refractivity contribution < 1.29 is 17.9 Å². The molecule has 2 aromatic rings. The molecule has 6 nitrogen and oxygen atoms in total. The first-order valence-corrected chi connectivity index (χ1v) is 11.5. The number of carbonyl (C=O) groups excluding carboxylic acids is 1. The summed E-state index contributed by atoms with van der Waals surface area (Å²) in [5, 5.41) is 2.85. The Hall–Kier alpha value is -2.06. The highest BCUT2D eigenvalue weighted by Crippen LogP contribution is 2.24. The monoisotopic (exact) mass is 468 g/mol. The van der Waals surface area contributed by atoms with E-state index in [2.05, 4.69) is 21.2 Å². The van der Waals surface area contributed by atoms with E-state index in [9.17, 15) is 13.2 Å². The van der Waals surface area contributed by atoms with Gasteiger partial charge in [0, 0.05) is 4.47 Å². The summed E-state index contributed by atoms with van der Waals surface area (Å²) in [4.78, 5) is 12.5. The molecule has 0 unspecified atom stereocenters. The number of halogens is 1. The standard InChI is InChI=1S/C20H25BrN2O4S/c1-5-27-18-9-6-16(7-10-18)15(3)22-20(24)13-23(28(4,25)26)17-8-11-19(21)14(2)12-17/h6-12,15H,5,13H2,1-4H3,(H,22,24)/t15-/m1/s1. The summed E-state index contributed by atoms with van der Waals surface area (Å²) < 4.78 is 31.9. The molecule has 0 aliphatic heterocycles. The van der Waals surface area contributed by atoms with Crippen LogP contribution in [0.5, 0.6) is 5.75 Å². The van der Waals surface area contributed by atoms with Gasteiger partial charge in [-0.25, -0.2) is 8.42 Å². The van der Waals surface area contributed by atoms with Crippen LogP contribution in [0.15, 0.2) is 46.9 Å². The molecule has 0 saturated heterocycles. The minimum Gasteiger partial charge on any atom is -0.494 e. The van der Waals surface area contributed by atoms with Crippen LogP contribution in [0.2, 0.25) is 0 Å². The van der Waals surface area contributed by atoms with Gasteiger partial charge in [-0.1, -0.05) is 28.1 Å². The van der Waals surface area contributed by atoms with Crippen molar-refractivity contribution in [1.29, 1.82) is 0 Å². The number of nitrogens with zero attached hydrogens (tertiary/aromatic N) is 1. The van der Waals surface area contributed by atoms with E-state index in [0.717, 1.165) is 31.9 Å². The van der Waals surface area contributed by atoms with Crippen LogP contribution in [-0.4, -0.2) is 33.7 Å². The van der Waals surface area contributed by atoms with Crippen LogP contribution in [0.1, 0.15) is 31.0 Å². The van der Waals surface area contributed by atoms with Crippen molar-refractivity contribution in [2.45, 2.75) is 26.8 Å². The Morgan fingerprint density at radius 2 is 1.86 bits per heavy atom. The number of aryl methyl sites for hydroxylation is 1. The zero-order valence-electron chi connectivity index (χ0n) is 16.4. The number of rotatable bonds is 8. The number of sulfonamides is 1. The predicted octanol–water partition coefficient (Wildman–Crippen LogP) is 3.80. The molecule has 8 heteroatoms. The molecule has 0 aliphatic rings. The van der Waals surface area contributed by atoms with Gasteiger partial charge in [-0.2, -0.15) is 0 Å². The second-order valence-corrected chi connectivity index (χ2v) is 9.26. The lowest BCUT2D eigenvalue weighted by atomic mass is 10.1. The van der Waals surface area contributed by atoms with E-state index in [-0.39, 0.29) is 18.5 Å². The normalized spacial score (nSPS) is 12.3. The van der Waals surface area contributed by atoms with Gasteiger partial charge in [0.25, 0.3) is 0 Å². The molecule has 28 heavy (non-hydrogen) atoms. The maximum Gasteiger partial charge on any atom is 0.241 e. The van der Waals surface area contributed by atoms with Crippen molar-refractivity contribution in [2.75, 3.05) is 23.7 Å². The summed E-state index contributed by atoms with van der Waals surface area (Å²) in [6, 6.07) is 12.3. The molecule has 0 radical (unpaired) electrons. The molecule has 0 heterocycles. The molecule has 0 aromatic heterocycles. The molecule has 0 fully saturated rings. The summed E-state index contributed by atoms with van der Waals surface area (Å²) in [7, 11) is -3.61. The van der Waals surface area contributed by atoms with Gasteiger partial charge in [0.2, 0.25) is 15.9 Å². The first-order valence-electron chi connectivity index (χ1n) is 8.87. The molecule has 0 aliphatic carbocycles. The van der Waals surface area contributed by atoms with Crippen molar-refractivity contribution in [3.8, 4) is 5.75 Å². The maximum absolute atomic E-state index is 12.5. The topological polar surface area (TPSA) is 75.7 Å². The lowest BCUT2D eigenvalue weighted by Gasteiger charge is -2.24. The van der Waals surface area contributed by atoms with Crippen LogP contribution in [0.25, 0.3) is 0 Å². The van der Waals surface area contributed by atoms with Crippen LogP contribution < -0.4 is 14.4 Å². The number of benzene rings is 2. The van der Waals surface area contributed by atoms with Crippen molar-refractivity contribution in [3.63, 3.8) is 0 Å². The van der Waals surface area contributed by atoms with E-state index in [1.165, 1.54) is 0 Å². The van der Waals surface area contributed by atoms with Crippen molar-refractivity contribution in [2.24, 2.45) is 0 Å². The quantitative estimate of drug-likeness (QED) is 0.638. The van der Waals surface area contributed by atoms with Crippen LogP contribution in [0, 0.1) is 6.92 Å². The molecule has 2 rings (SSSR count). The van der Waals surface area contributed by atoms with E-state index in [1.807, 2.05) is 45.0 Å². The fourth-order valence-electron chi connectivity index (χ4n) is 2.70. The lowest BCUT2D eigenvalue weighted by molar-refractivity contribution is -0.120. The number of hydrogen-bond acceptors (Lipinski definition) is 4. The third kappa shape index (κ3) is 5.97. The fraction of sp³-hybridized carbons (Fsp3) is 0.350. The number of anilines is 1. The molecule has 0 saturated carbocycles. The first-order chi connectivity index (χ1) is 13.1. The highest BCUT2D eigenvalue weighted by Gasteiger charge is 2.22. The number of ether oxygens (including phenoxy) is 1. The highest BCUT2D eigenvalue weighted by atomic mass is 79.9. The molecular formula is C20H25BrN2O4S. The smallest absolute Gasteiger partial charge is 0.241 e. The lowest BCUT2D eigenvalue weighted by Crippen LogP contribution is -2.41. The predicted molar refractivity (Wildman–Crippen MR) is 115 cm³/mol. The molecule has 1 amide bonds. The van der Waals surface area contributed by atoms with Crippen LogP contribution in [0.3, 0.4) is 0 Å². The van der Waals surface area contributed by atoms with E-state index in [0.29, 0.717) is 12.3 Å². The zero-order valence-corrected chi connectivity index (χ0v) is 18.8. The van der Waals surface area contributed by atoms with E-state index >= 15 is 0 Å². The Morgan fingerprint density at radius 1 is 1.21 bits per heavy atom. The van der Waals surface area contributed by atoms with Gasteiger partial charge in [0.1, 0.15) is 12.3 Å². The summed E-state index contributed by atoms with van der Waals surface area (Å²) >= 11 is 3.40. The van der Waals surface area contributed by atoms with Gasteiger partial charge in [0.05, 0.1) is 24.6 Å². The van der Waals surface area contributed by atoms with Gasteiger partial charge >= 0.3 is 0 Å². The third-order valence-corrected chi connectivity index (χ3v) is 6.22. The largest absolute Gasteiger partial charge is 0.494 e. The minimum atomic E-state index is -3.61. The molecular weight excluding hydrogens is 444 g/mol. The second kappa shape index (κ2) is 9.43. The molecule has 2 aromatic carbocycles. The van der Waals surface area contributed by atoms with Crippen molar-refractivity contribution in [3.05, 3.63) is 58.1 Å². The Morgan fingerprint density at radius 3 is 2.39 bits per heavy atom. The number of amides is 1. The zero-order chi connectivity index (χ0) is 20.9. The van der Waals surface area contributed by atoms with Crippen molar-refractivity contribution in [1.82, 2.24) is 5.32 Å². The van der Waals surface area contributed by atoms with Crippen molar-refractivity contribution >= 4 is 37.5 Å². The first kappa shape index (κ1) is 22.2. The van der Waals surface area contributed by atoms with Gasteiger partial charge in [0.15, 0.2) is 0 Å². The van der Waals surface area contributed by atoms with Crippen LogP contribution >= 0.6 is 15.9 Å². The van der Waals surface area contributed by atoms with Gasteiger partial charge in [-0.05, 0) is 62.2 Å². The highest BCUT2D eigenvalue weighted by molar-refractivity contribution is 9.10. The molecule has 1 atom stereocenters. The summed E-state index contributed by atoms with van der Waals surface area (Å²) in [6.07, 6.45) is 1.09. The van der Waals surface area contributed by atoms with E-state index in [1.54, 1.807) is 18.2 Å². The van der Waals surface area contributed by atoms with Crippen LogP contribution in [-0.2, 0) is 14.8 Å². The minimum absolute atomic E-state index is 0.267. The Bertz CT molecular complexity index is 930. The fourth-order valence-corrected chi connectivity index (χ4v) is 3.80. The molecule has 1 N–H and O–H groups in total. The Labute approximate surface area is 175 Å². The SMILES string of the molecule is CCOc1ccc([C@@H](C)NC(=O)CN(c2ccc(Br)c(C)c2)S(C)(=O)=O)cc1. The molecule has 0 bridgehead atoms. The van der Waals surface area contributed by atoms with E-state index in [4.69, 9.17) is 4.74 Å². The second-order valence-electron chi connectivity index (χ2n) is 6.49. The number of hydrogen-bond donors (Lipinski definition) is 1. The van der Waals surface area contributed by atoms with Gasteiger partial charge in [-0.15, -0.1) is 0 Å². The maximum atomic E-state index is 12.5. The summed E-state index contributed by atoms with van der Waals surface area (Å²) in [5.74, 6) is 0.381. The number of nitrogens with one attached hydrogen (secondary N) is 1. The van der Waals surface area contributed by atoms with Crippen LogP contribution in [0.4, 0.5) is 5.69 Å². The third-order valence-electron chi connectivity index (χ3n) is 4.19. The number of carbonyl (C=O) groups is 1. The summed E-state index contributed by atoms with van der Waals surface area (Å²) in [5.41, 5.74) is 2.24.